The molecule has 2 aromatic carbocycles. The number of aryl methyl sites for hydroxylation is 1. The van der Waals surface area contributed by atoms with Gasteiger partial charge in [0.05, 0.1) is 0 Å². The second-order valence-corrected chi connectivity index (χ2v) is 7.84. The molecule has 0 unspecified atom stereocenters. The van der Waals surface area contributed by atoms with Crippen LogP contribution in [-0.4, -0.2) is 19.0 Å². The standard InChI is InChI=1S/C22H28N2O/c1-22(2,3)18-10-12-19(13-11-18)23-21(25)14-16-24-15-6-8-17-7-4-5-9-20(17)24/h4-5,7,9-13H,6,8,14-16H2,1-3H3,(H,23,25). The van der Waals surface area contributed by atoms with Gasteiger partial charge in [0.15, 0.2) is 0 Å². The highest BCUT2D eigenvalue weighted by molar-refractivity contribution is 5.91. The minimum atomic E-state index is 0.0755. The number of hydrogen-bond acceptors (Lipinski definition) is 2. The van der Waals surface area contributed by atoms with E-state index in [1.54, 1.807) is 0 Å². The molecule has 2 aromatic rings. The summed E-state index contributed by atoms with van der Waals surface area (Å²) in [6, 6.07) is 16.7. The average molecular weight is 336 g/mol. The Bertz CT molecular complexity index is 728. The number of amides is 1. The quantitative estimate of drug-likeness (QED) is 0.872. The number of benzene rings is 2. The predicted octanol–water partition coefficient (Wildman–Crippen LogP) is 4.77. The van der Waals surface area contributed by atoms with Crippen molar-refractivity contribution in [3.63, 3.8) is 0 Å². The summed E-state index contributed by atoms with van der Waals surface area (Å²) in [5, 5.41) is 3.02. The summed E-state index contributed by atoms with van der Waals surface area (Å²) in [7, 11) is 0. The fourth-order valence-electron chi connectivity index (χ4n) is 3.36. The second kappa shape index (κ2) is 7.30. The fraction of sp³-hybridized carbons (Fsp3) is 0.409. The number of carbonyl (C=O) groups is 1. The Morgan fingerprint density at radius 1 is 1.08 bits per heavy atom. The number of nitrogens with one attached hydrogen (secondary N) is 1. The molecule has 0 aromatic heterocycles. The van der Waals surface area contributed by atoms with E-state index in [0.717, 1.165) is 31.6 Å². The van der Waals surface area contributed by atoms with Crippen LogP contribution in [0.5, 0.6) is 0 Å². The van der Waals surface area contributed by atoms with Gasteiger partial charge in [-0.2, -0.15) is 0 Å². The maximum atomic E-state index is 12.3. The largest absolute Gasteiger partial charge is 0.371 e. The predicted molar refractivity (Wildman–Crippen MR) is 105 cm³/mol. The van der Waals surface area contributed by atoms with E-state index >= 15 is 0 Å². The van der Waals surface area contributed by atoms with Crippen molar-refractivity contribution >= 4 is 17.3 Å². The maximum absolute atomic E-state index is 12.3. The third-order valence-electron chi connectivity index (χ3n) is 4.85. The number of hydrogen-bond donors (Lipinski definition) is 1. The summed E-state index contributed by atoms with van der Waals surface area (Å²) in [4.78, 5) is 14.6. The van der Waals surface area contributed by atoms with Crippen molar-refractivity contribution in [1.29, 1.82) is 0 Å². The zero-order chi connectivity index (χ0) is 17.9. The Morgan fingerprint density at radius 2 is 1.80 bits per heavy atom. The molecule has 0 spiro atoms. The van der Waals surface area contributed by atoms with E-state index in [2.05, 4.69) is 67.4 Å². The molecule has 0 aliphatic carbocycles. The third-order valence-corrected chi connectivity index (χ3v) is 4.85. The molecule has 132 valence electrons. The van der Waals surface area contributed by atoms with Gasteiger partial charge in [-0.25, -0.2) is 0 Å². The van der Waals surface area contributed by atoms with Gasteiger partial charge in [0.1, 0.15) is 0 Å². The van der Waals surface area contributed by atoms with Gasteiger partial charge in [0.25, 0.3) is 0 Å². The van der Waals surface area contributed by atoms with Gasteiger partial charge >= 0.3 is 0 Å². The van der Waals surface area contributed by atoms with E-state index < -0.39 is 0 Å². The van der Waals surface area contributed by atoms with Crippen LogP contribution in [0.15, 0.2) is 48.5 Å². The summed E-state index contributed by atoms with van der Waals surface area (Å²) >= 11 is 0. The summed E-state index contributed by atoms with van der Waals surface area (Å²) in [6.45, 7) is 8.37. The molecule has 0 fully saturated rings. The van der Waals surface area contributed by atoms with E-state index in [-0.39, 0.29) is 11.3 Å². The van der Waals surface area contributed by atoms with Crippen LogP contribution >= 0.6 is 0 Å². The molecule has 3 nitrogen and oxygen atoms in total. The minimum absolute atomic E-state index is 0.0755. The minimum Gasteiger partial charge on any atom is -0.371 e. The summed E-state index contributed by atoms with van der Waals surface area (Å²) in [6.07, 6.45) is 2.81. The van der Waals surface area contributed by atoms with Crippen molar-refractivity contribution in [3.05, 3.63) is 59.7 Å². The van der Waals surface area contributed by atoms with Gasteiger partial charge in [0, 0.05) is 30.9 Å². The molecule has 1 amide bonds. The van der Waals surface area contributed by atoms with Crippen LogP contribution < -0.4 is 10.2 Å². The molecule has 0 atom stereocenters. The maximum Gasteiger partial charge on any atom is 0.226 e. The molecule has 0 saturated carbocycles. The Morgan fingerprint density at radius 3 is 2.52 bits per heavy atom. The zero-order valence-corrected chi connectivity index (χ0v) is 15.5. The van der Waals surface area contributed by atoms with Gasteiger partial charge in [-0.15, -0.1) is 0 Å². The highest BCUT2D eigenvalue weighted by atomic mass is 16.1. The lowest BCUT2D eigenvalue weighted by Crippen LogP contribution is -2.32. The van der Waals surface area contributed by atoms with E-state index in [1.807, 2.05) is 12.1 Å². The molecule has 1 aliphatic heterocycles. The smallest absolute Gasteiger partial charge is 0.226 e. The van der Waals surface area contributed by atoms with Gasteiger partial charge in [-0.1, -0.05) is 51.1 Å². The van der Waals surface area contributed by atoms with Crippen LogP contribution in [0.1, 0.15) is 44.7 Å². The van der Waals surface area contributed by atoms with Gasteiger partial charge < -0.3 is 10.2 Å². The van der Waals surface area contributed by atoms with Crippen LogP contribution in [0.2, 0.25) is 0 Å². The molecule has 3 heteroatoms. The van der Waals surface area contributed by atoms with Crippen LogP contribution in [0.3, 0.4) is 0 Å². The van der Waals surface area contributed by atoms with Crippen molar-refractivity contribution in [2.45, 2.75) is 45.4 Å². The number of anilines is 2. The van der Waals surface area contributed by atoms with Crippen molar-refractivity contribution < 1.29 is 4.79 Å². The Balaban J connectivity index is 1.55. The lowest BCUT2D eigenvalue weighted by atomic mass is 9.87. The van der Waals surface area contributed by atoms with Gasteiger partial charge in [0.2, 0.25) is 5.91 Å². The Hall–Kier alpha value is -2.29. The summed E-state index contributed by atoms with van der Waals surface area (Å²) < 4.78 is 0. The van der Waals surface area contributed by atoms with Gasteiger partial charge in [-0.3, -0.25) is 4.79 Å². The molecular weight excluding hydrogens is 308 g/mol. The van der Waals surface area contributed by atoms with E-state index in [4.69, 9.17) is 0 Å². The molecule has 0 bridgehead atoms. The van der Waals surface area contributed by atoms with Crippen LogP contribution in [0.25, 0.3) is 0 Å². The van der Waals surface area contributed by atoms with Crippen molar-refractivity contribution in [2.75, 3.05) is 23.3 Å². The molecule has 3 rings (SSSR count). The monoisotopic (exact) mass is 336 g/mol. The molecule has 0 radical (unpaired) electrons. The third kappa shape index (κ3) is 4.41. The Labute approximate surface area is 151 Å². The fourth-order valence-corrected chi connectivity index (χ4v) is 3.36. The van der Waals surface area contributed by atoms with Crippen LogP contribution in [-0.2, 0) is 16.6 Å². The molecule has 25 heavy (non-hydrogen) atoms. The number of para-hydroxylation sites is 1. The van der Waals surface area contributed by atoms with Crippen LogP contribution in [0, 0.1) is 0 Å². The summed E-state index contributed by atoms with van der Waals surface area (Å²) in [5.74, 6) is 0.0755. The first-order valence-electron chi connectivity index (χ1n) is 9.17. The first-order chi connectivity index (χ1) is 11.9. The molecule has 1 N–H and O–H groups in total. The second-order valence-electron chi connectivity index (χ2n) is 7.84. The highest BCUT2D eigenvalue weighted by Gasteiger charge is 2.17. The SMILES string of the molecule is CC(C)(C)c1ccc(NC(=O)CCN2CCCc3ccccc32)cc1. The number of carbonyl (C=O) groups excluding carboxylic acids is 1. The zero-order valence-electron chi connectivity index (χ0n) is 15.5. The Kier molecular flexibility index (Phi) is 5.12. The van der Waals surface area contributed by atoms with Crippen molar-refractivity contribution in [1.82, 2.24) is 0 Å². The average Bonchev–Trinajstić information content (AvgIpc) is 2.59. The molecular formula is C22H28N2O. The highest BCUT2D eigenvalue weighted by Crippen LogP contribution is 2.27. The van der Waals surface area contributed by atoms with E-state index in [0.29, 0.717) is 6.42 Å². The lowest BCUT2D eigenvalue weighted by Gasteiger charge is -2.31. The first kappa shape index (κ1) is 17.5. The number of nitrogens with zero attached hydrogens (tertiary/aromatic N) is 1. The normalized spacial score (nSPS) is 14.1. The number of rotatable bonds is 4. The molecule has 1 heterocycles. The van der Waals surface area contributed by atoms with Crippen molar-refractivity contribution in [3.8, 4) is 0 Å². The van der Waals surface area contributed by atoms with Crippen molar-refractivity contribution in [2.24, 2.45) is 0 Å². The van der Waals surface area contributed by atoms with Gasteiger partial charge in [-0.05, 0) is 47.6 Å². The summed E-state index contributed by atoms with van der Waals surface area (Å²) in [5.41, 5.74) is 4.96. The lowest BCUT2D eigenvalue weighted by molar-refractivity contribution is -0.116. The first-order valence-corrected chi connectivity index (χ1v) is 9.17. The number of fused-ring (bicyclic) bond motifs is 1. The molecule has 0 saturated heterocycles. The van der Waals surface area contributed by atoms with E-state index in [1.165, 1.54) is 16.8 Å². The van der Waals surface area contributed by atoms with E-state index in [9.17, 15) is 4.79 Å². The van der Waals surface area contributed by atoms with Crippen LogP contribution in [0.4, 0.5) is 11.4 Å². The molecule has 1 aliphatic rings. The topological polar surface area (TPSA) is 32.3 Å².